The second-order valence-electron chi connectivity index (χ2n) is 1.75. The van der Waals surface area contributed by atoms with Crippen molar-refractivity contribution in [2.45, 2.75) is 6.92 Å². The average molecular weight is 141 g/mol. The predicted octanol–water partition coefficient (Wildman–Crippen LogP) is 0.352. The molecule has 3 N–H and O–H groups in total. The second-order valence-corrected chi connectivity index (χ2v) is 2.19. The fourth-order valence-corrected chi connectivity index (χ4v) is 0.650. The van der Waals surface area contributed by atoms with E-state index < -0.39 is 0 Å². The molecule has 0 spiro atoms. The van der Waals surface area contributed by atoms with E-state index in [1.807, 2.05) is 6.92 Å². The van der Waals surface area contributed by atoms with Gasteiger partial charge in [-0.2, -0.15) is 0 Å². The summed E-state index contributed by atoms with van der Waals surface area (Å²) in [5, 5.41) is 0. The van der Waals surface area contributed by atoms with Crippen LogP contribution >= 0.6 is 12.2 Å². The van der Waals surface area contributed by atoms with Crippen LogP contribution in [-0.4, -0.2) is 15.0 Å². The van der Waals surface area contributed by atoms with Crippen LogP contribution in [0, 0.1) is 6.92 Å². The minimum absolute atomic E-state index is 0.357. The molecule has 1 aromatic rings. The van der Waals surface area contributed by atoms with Gasteiger partial charge in [0, 0.05) is 0 Å². The van der Waals surface area contributed by atoms with E-state index in [0.29, 0.717) is 4.99 Å². The molecular formula is C5H7N3S. The molecule has 0 atom stereocenters. The molecule has 1 heterocycles. The number of imidazole rings is 1. The van der Waals surface area contributed by atoms with Crippen molar-refractivity contribution in [1.29, 1.82) is 0 Å². The molecule has 48 valence electrons. The Balaban J connectivity index is 2.98. The number of thiocarbonyl (C=S) groups is 1. The predicted molar refractivity (Wildman–Crippen MR) is 39.2 cm³/mol. The topological polar surface area (TPSA) is 54.7 Å². The zero-order chi connectivity index (χ0) is 6.85. The number of H-pyrrole nitrogens is 1. The molecule has 0 aromatic carbocycles. The van der Waals surface area contributed by atoms with Crippen molar-refractivity contribution in [1.82, 2.24) is 9.97 Å². The quantitative estimate of drug-likeness (QED) is 0.555. The van der Waals surface area contributed by atoms with Crippen molar-refractivity contribution in [2.24, 2.45) is 5.73 Å². The van der Waals surface area contributed by atoms with Gasteiger partial charge in [0.1, 0.15) is 10.8 Å². The Morgan fingerprint density at radius 2 is 2.56 bits per heavy atom. The van der Waals surface area contributed by atoms with E-state index >= 15 is 0 Å². The summed E-state index contributed by atoms with van der Waals surface area (Å²) in [4.78, 5) is 7.17. The summed E-state index contributed by atoms with van der Waals surface area (Å²) in [6.45, 7) is 1.85. The van der Waals surface area contributed by atoms with E-state index in [-0.39, 0.29) is 0 Å². The molecule has 0 aliphatic carbocycles. The molecule has 9 heavy (non-hydrogen) atoms. The Labute approximate surface area is 58.3 Å². The van der Waals surface area contributed by atoms with Crippen LogP contribution in [-0.2, 0) is 0 Å². The fourth-order valence-electron chi connectivity index (χ4n) is 0.546. The highest BCUT2D eigenvalue weighted by atomic mass is 32.1. The number of nitrogens with two attached hydrogens (primary N) is 1. The third-order valence-corrected chi connectivity index (χ3v) is 1.19. The van der Waals surface area contributed by atoms with E-state index in [0.717, 1.165) is 11.5 Å². The lowest BCUT2D eigenvalue weighted by molar-refractivity contribution is 1.15. The van der Waals surface area contributed by atoms with Gasteiger partial charge in [0.15, 0.2) is 0 Å². The number of nitrogens with zero attached hydrogens (tertiary/aromatic N) is 1. The van der Waals surface area contributed by atoms with Crippen LogP contribution in [0.15, 0.2) is 6.20 Å². The largest absolute Gasteiger partial charge is 0.388 e. The van der Waals surface area contributed by atoms with Gasteiger partial charge in [0.25, 0.3) is 0 Å². The minimum Gasteiger partial charge on any atom is -0.388 e. The van der Waals surface area contributed by atoms with Crippen LogP contribution in [0.2, 0.25) is 0 Å². The third-order valence-electron chi connectivity index (χ3n) is 0.968. The van der Waals surface area contributed by atoms with Crippen LogP contribution in [0.4, 0.5) is 0 Å². The lowest BCUT2D eigenvalue weighted by atomic mass is 10.5. The van der Waals surface area contributed by atoms with E-state index in [1.54, 1.807) is 6.20 Å². The Bertz CT molecular complexity index is 228. The van der Waals surface area contributed by atoms with Crippen LogP contribution in [0.1, 0.15) is 11.5 Å². The maximum absolute atomic E-state index is 5.29. The molecular weight excluding hydrogens is 134 g/mol. The molecule has 0 aliphatic heterocycles. The first-order valence-corrected chi connectivity index (χ1v) is 2.92. The Hall–Kier alpha value is -0.900. The summed E-state index contributed by atoms with van der Waals surface area (Å²) < 4.78 is 0. The van der Waals surface area contributed by atoms with Gasteiger partial charge in [-0.3, -0.25) is 0 Å². The number of aryl methyl sites for hydroxylation is 1. The van der Waals surface area contributed by atoms with Crippen molar-refractivity contribution < 1.29 is 0 Å². The van der Waals surface area contributed by atoms with Crippen LogP contribution in [0.5, 0.6) is 0 Å². The van der Waals surface area contributed by atoms with E-state index in [1.165, 1.54) is 0 Å². The number of aromatic amines is 1. The average Bonchev–Trinajstić information content (AvgIpc) is 2.14. The Morgan fingerprint density at radius 3 is 2.78 bits per heavy atom. The summed E-state index contributed by atoms with van der Waals surface area (Å²) in [5.41, 5.74) is 6.01. The van der Waals surface area contributed by atoms with Gasteiger partial charge >= 0.3 is 0 Å². The van der Waals surface area contributed by atoms with Gasteiger partial charge in [0.05, 0.1) is 11.9 Å². The molecule has 0 aliphatic rings. The molecule has 0 saturated carbocycles. The Kier molecular flexibility index (Phi) is 1.48. The van der Waals surface area contributed by atoms with Gasteiger partial charge in [-0.15, -0.1) is 0 Å². The summed E-state index contributed by atoms with van der Waals surface area (Å²) in [6, 6.07) is 0. The molecule has 0 saturated heterocycles. The molecule has 1 rings (SSSR count). The smallest absolute Gasteiger partial charge is 0.122 e. The van der Waals surface area contributed by atoms with Gasteiger partial charge in [-0.1, -0.05) is 12.2 Å². The maximum Gasteiger partial charge on any atom is 0.122 e. The molecule has 3 nitrogen and oxygen atoms in total. The maximum atomic E-state index is 5.29. The highest BCUT2D eigenvalue weighted by Crippen LogP contribution is 1.93. The van der Waals surface area contributed by atoms with Gasteiger partial charge < -0.3 is 10.7 Å². The summed E-state index contributed by atoms with van der Waals surface area (Å²) in [5.74, 6) is 0.831. The normalized spacial score (nSPS) is 9.44. The van der Waals surface area contributed by atoms with Gasteiger partial charge in [0.2, 0.25) is 0 Å². The zero-order valence-corrected chi connectivity index (χ0v) is 5.83. The number of aromatic nitrogens is 2. The monoisotopic (exact) mass is 141 g/mol. The molecule has 0 unspecified atom stereocenters. The molecule has 4 heteroatoms. The van der Waals surface area contributed by atoms with Crippen molar-refractivity contribution in [2.75, 3.05) is 0 Å². The molecule has 0 bridgehead atoms. The first kappa shape index (κ1) is 6.22. The van der Waals surface area contributed by atoms with E-state index in [4.69, 9.17) is 5.73 Å². The van der Waals surface area contributed by atoms with E-state index in [2.05, 4.69) is 22.2 Å². The first-order valence-electron chi connectivity index (χ1n) is 2.51. The third kappa shape index (κ3) is 1.26. The first-order chi connectivity index (χ1) is 4.20. The highest BCUT2D eigenvalue weighted by Gasteiger charge is 1.96. The standard InChI is InChI=1S/C5H7N3S/c1-3-7-2-4(8-3)5(6)9/h2H,1H3,(H2,6,9)(H,7,8). The zero-order valence-electron chi connectivity index (χ0n) is 5.01. The van der Waals surface area contributed by atoms with Crippen LogP contribution in [0.3, 0.4) is 0 Å². The number of hydrogen-bond donors (Lipinski definition) is 2. The molecule has 1 aromatic heterocycles. The van der Waals surface area contributed by atoms with Crippen molar-refractivity contribution in [3.8, 4) is 0 Å². The highest BCUT2D eigenvalue weighted by molar-refractivity contribution is 7.80. The minimum atomic E-state index is 0.357. The van der Waals surface area contributed by atoms with Gasteiger partial charge in [-0.05, 0) is 6.92 Å². The van der Waals surface area contributed by atoms with E-state index in [9.17, 15) is 0 Å². The fraction of sp³-hybridized carbons (Fsp3) is 0.200. The van der Waals surface area contributed by atoms with Crippen LogP contribution in [0.25, 0.3) is 0 Å². The van der Waals surface area contributed by atoms with Crippen molar-refractivity contribution >= 4 is 17.2 Å². The summed E-state index contributed by atoms with van der Waals surface area (Å²) >= 11 is 4.68. The number of nitrogens with one attached hydrogen (secondary N) is 1. The van der Waals surface area contributed by atoms with Gasteiger partial charge in [-0.25, -0.2) is 4.98 Å². The Morgan fingerprint density at radius 1 is 1.89 bits per heavy atom. The molecule has 0 amide bonds. The van der Waals surface area contributed by atoms with Crippen LogP contribution < -0.4 is 5.73 Å². The molecule has 0 fully saturated rings. The lowest BCUT2D eigenvalue weighted by Gasteiger charge is -1.86. The summed E-state index contributed by atoms with van der Waals surface area (Å²) in [7, 11) is 0. The SMILES string of the molecule is Cc1ncc(C(N)=S)[nH]1. The van der Waals surface area contributed by atoms with Crippen molar-refractivity contribution in [3.05, 3.63) is 17.7 Å². The number of hydrogen-bond acceptors (Lipinski definition) is 2. The summed E-state index contributed by atoms with van der Waals surface area (Å²) in [6.07, 6.45) is 1.62. The molecule has 0 radical (unpaired) electrons. The second kappa shape index (κ2) is 2.14. The lowest BCUT2D eigenvalue weighted by Crippen LogP contribution is -2.09. The van der Waals surface area contributed by atoms with Crippen molar-refractivity contribution in [3.63, 3.8) is 0 Å². The number of rotatable bonds is 1.